The number of pyridine rings is 1. The van der Waals surface area contributed by atoms with Crippen LogP contribution in [0.1, 0.15) is 30.1 Å². The summed E-state index contributed by atoms with van der Waals surface area (Å²) in [5.74, 6) is 1.29. The van der Waals surface area contributed by atoms with Crippen LogP contribution in [0.15, 0.2) is 53.7 Å². The molecule has 0 unspecified atom stereocenters. The van der Waals surface area contributed by atoms with Crippen molar-refractivity contribution in [3.05, 3.63) is 54.4 Å². The molecule has 1 saturated heterocycles. The Labute approximate surface area is 169 Å². The Morgan fingerprint density at radius 1 is 1.21 bits per heavy atom. The van der Waals surface area contributed by atoms with Crippen LogP contribution in [0.4, 0.5) is 0 Å². The molecule has 1 aromatic carbocycles. The molecule has 0 spiro atoms. The summed E-state index contributed by atoms with van der Waals surface area (Å²) in [5.41, 5.74) is 0.563. The van der Waals surface area contributed by atoms with Gasteiger partial charge >= 0.3 is 0 Å². The molecule has 28 heavy (non-hydrogen) atoms. The van der Waals surface area contributed by atoms with Crippen molar-refractivity contribution in [1.29, 1.82) is 0 Å². The number of hydrogen-bond acceptors (Lipinski definition) is 5. The average Bonchev–Trinajstić information content (AvgIpc) is 2.74. The Bertz CT molecular complexity index is 775. The Kier molecular flexibility index (Phi) is 7.31. The average molecular weight is 400 g/mol. The van der Waals surface area contributed by atoms with Crippen molar-refractivity contribution in [2.24, 2.45) is 0 Å². The van der Waals surface area contributed by atoms with Crippen molar-refractivity contribution in [2.75, 3.05) is 25.4 Å². The molecule has 3 rings (SSSR count). The number of aromatic nitrogens is 1. The highest BCUT2D eigenvalue weighted by Crippen LogP contribution is 2.22. The van der Waals surface area contributed by atoms with Gasteiger partial charge in [0.25, 0.3) is 5.91 Å². The van der Waals surface area contributed by atoms with Crippen LogP contribution in [0.5, 0.6) is 5.75 Å². The number of piperidine rings is 1. The van der Waals surface area contributed by atoms with Crippen molar-refractivity contribution in [3.63, 3.8) is 0 Å². The third-order valence-electron chi connectivity index (χ3n) is 4.60. The van der Waals surface area contributed by atoms with Gasteiger partial charge in [0.05, 0.1) is 17.9 Å². The van der Waals surface area contributed by atoms with Gasteiger partial charge in [-0.1, -0.05) is 0 Å². The number of likely N-dealkylation sites (tertiary alicyclic amines) is 1. The molecule has 6 nitrogen and oxygen atoms in total. The predicted octanol–water partition coefficient (Wildman–Crippen LogP) is 2.99. The first-order chi connectivity index (χ1) is 13.7. The molecule has 7 heteroatoms. The van der Waals surface area contributed by atoms with Crippen molar-refractivity contribution >= 4 is 23.6 Å². The molecular formula is C21H25N3O3S. The van der Waals surface area contributed by atoms with E-state index in [0.29, 0.717) is 31.0 Å². The largest absolute Gasteiger partial charge is 0.494 e. The van der Waals surface area contributed by atoms with Gasteiger partial charge in [-0.25, -0.2) is 0 Å². The lowest BCUT2D eigenvalue weighted by Gasteiger charge is -2.32. The topological polar surface area (TPSA) is 71.5 Å². The summed E-state index contributed by atoms with van der Waals surface area (Å²) in [4.78, 5) is 31.6. The molecule has 148 valence electrons. The summed E-state index contributed by atoms with van der Waals surface area (Å²) in [6.45, 7) is 3.93. The van der Waals surface area contributed by atoms with E-state index in [-0.39, 0.29) is 17.9 Å². The van der Waals surface area contributed by atoms with Crippen LogP contribution in [0.2, 0.25) is 0 Å². The Hall–Kier alpha value is -2.54. The van der Waals surface area contributed by atoms with Gasteiger partial charge < -0.3 is 15.0 Å². The van der Waals surface area contributed by atoms with Gasteiger partial charge in [-0.05, 0) is 56.2 Å². The summed E-state index contributed by atoms with van der Waals surface area (Å²) in [6, 6.07) is 11.4. The Morgan fingerprint density at radius 3 is 2.61 bits per heavy atom. The maximum absolute atomic E-state index is 12.5. The van der Waals surface area contributed by atoms with Crippen LogP contribution < -0.4 is 10.1 Å². The molecule has 1 fully saturated rings. The van der Waals surface area contributed by atoms with Crippen molar-refractivity contribution < 1.29 is 14.3 Å². The molecule has 1 aliphatic heterocycles. The fourth-order valence-corrected chi connectivity index (χ4v) is 3.88. The molecule has 1 N–H and O–H groups in total. The summed E-state index contributed by atoms with van der Waals surface area (Å²) < 4.78 is 5.43. The van der Waals surface area contributed by atoms with Gasteiger partial charge in [-0.2, -0.15) is 0 Å². The molecule has 1 aliphatic rings. The monoisotopic (exact) mass is 399 g/mol. The quantitative estimate of drug-likeness (QED) is 0.725. The number of amides is 2. The zero-order valence-corrected chi connectivity index (χ0v) is 16.8. The first kappa shape index (κ1) is 20.2. The van der Waals surface area contributed by atoms with Crippen LogP contribution in [-0.2, 0) is 4.79 Å². The van der Waals surface area contributed by atoms with Crippen LogP contribution >= 0.6 is 11.8 Å². The number of ether oxygens (including phenoxy) is 1. The number of nitrogens with one attached hydrogen (secondary N) is 1. The molecule has 0 radical (unpaired) electrons. The Morgan fingerprint density at radius 2 is 1.96 bits per heavy atom. The third-order valence-corrected chi connectivity index (χ3v) is 5.60. The van der Waals surface area contributed by atoms with Crippen LogP contribution in [0.25, 0.3) is 0 Å². The summed E-state index contributed by atoms with van der Waals surface area (Å²) >= 11 is 1.53. The molecule has 1 aromatic heterocycles. The fourth-order valence-electron chi connectivity index (χ4n) is 3.07. The SMILES string of the molecule is CCOc1ccc(SCC(=O)N2CCC(NC(=O)c3cccnc3)CC2)cc1. The van der Waals surface area contributed by atoms with Gasteiger partial charge in [-0.15, -0.1) is 11.8 Å². The van der Waals surface area contributed by atoms with E-state index in [2.05, 4.69) is 10.3 Å². The summed E-state index contributed by atoms with van der Waals surface area (Å²) in [5, 5.41) is 3.03. The zero-order valence-electron chi connectivity index (χ0n) is 16.0. The number of thioether (sulfide) groups is 1. The molecule has 2 heterocycles. The molecule has 0 atom stereocenters. The second kappa shape index (κ2) is 10.1. The van der Waals surface area contributed by atoms with E-state index in [1.807, 2.05) is 36.1 Å². The van der Waals surface area contributed by atoms with Crippen molar-refractivity contribution in [1.82, 2.24) is 15.2 Å². The zero-order chi connectivity index (χ0) is 19.8. The summed E-state index contributed by atoms with van der Waals surface area (Å²) in [6.07, 6.45) is 4.75. The minimum atomic E-state index is -0.107. The van der Waals surface area contributed by atoms with Gasteiger partial charge in [-0.3, -0.25) is 14.6 Å². The van der Waals surface area contributed by atoms with E-state index in [1.54, 1.807) is 24.5 Å². The standard InChI is InChI=1S/C21H25N3O3S/c1-2-27-18-5-7-19(8-6-18)28-15-20(25)24-12-9-17(10-13-24)23-21(26)16-4-3-11-22-14-16/h3-8,11,14,17H,2,9-10,12-13,15H2,1H3,(H,23,26). The van der Waals surface area contributed by atoms with Gasteiger partial charge in [0.2, 0.25) is 5.91 Å². The Balaban J connectivity index is 1.40. The molecule has 2 amide bonds. The molecule has 0 aliphatic carbocycles. The number of nitrogens with zero attached hydrogens (tertiary/aromatic N) is 2. The normalized spacial score (nSPS) is 14.5. The van der Waals surface area contributed by atoms with E-state index in [9.17, 15) is 9.59 Å². The first-order valence-corrected chi connectivity index (χ1v) is 10.5. The smallest absolute Gasteiger partial charge is 0.253 e. The van der Waals surface area contributed by atoms with Gasteiger partial charge in [0.15, 0.2) is 0 Å². The number of rotatable bonds is 7. The second-order valence-electron chi connectivity index (χ2n) is 6.56. The minimum Gasteiger partial charge on any atom is -0.494 e. The lowest BCUT2D eigenvalue weighted by atomic mass is 10.0. The van der Waals surface area contributed by atoms with E-state index < -0.39 is 0 Å². The fraction of sp³-hybridized carbons (Fsp3) is 0.381. The van der Waals surface area contributed by atoms with Crippen molar-refractivity contribution in [2.45, 2.75) is 30.7 Å². The van der Waals surface area contributed by atoms with Gasteiger partial charge in [0.1, 0.15) is 5.75 Å². The van der Waals surface area contributed by atoms with E-state index in [1.165, 1.54) is 11.8 Å². The first-order valence-electron chi connectivity index (χ1n) is 9.50. The lowest BCUT2D eigenvalue weighted by Crippen LogP contribution is -2.47. The van der Waals surface area contributed by atoms with Gasteiger partial charge in [0, 0.05) is 36.4 Å². The van der Waals surface area contributed by atoms with E-state index in [0.717, 1.165) is 23.5 Å². The highest BCUT2D eigenvalue weighted by molar-refractivity contribution is 8.00. The van der Waals surface area contributed by atoms with E-state index >= 15 is 0 Å². The maximum atomic E-state index is 12.5. The van der Waals surface area contributed by atoms with E-state index in [4.69, 9.17) is 4.74 Å². The number of carbonyl (C=O) groups is 2. The predicted molar refractivity (Wildman–Crippen MR) is 110 cm³/mol. The van der Waals surface area contributed by atoms with Crippen LogP contribution in [0.3, 0.4) is 0 Å². The highest BCUT2D eigenvalue weighted by atomic mass is 32.2. The van der Waals surface area contributed by atoms with Crippen LogP contribution in [-0.4, -0.2) is 53.2 Å². The molecular weight excluding hydrogens is 374 g/mol. The van der Waals surface area contributed by atoms with Crippen molar-refractivity contribution in [3.8, 4) is 5.75 Å². The molecule has 0 saturated carbocycles. The third kappa shape index (κ3) is 5.73. The van der Waals surface area contributed by atoms with Crippen LogP contribution in [0, 0.1) is 0 Å². The number of hydrogen-bond donors (Lipinski definition) is 1. The molecule has 2 aromatic rings. The number of carbonyl (C=O) groups excluding carboxylic acids is 2. The summed E-state index contributed by atoms with van der Waals surface area (Å²) in [7, 11) is 0. The maximum Gasteiger partial charge on any atom is 0.253 e. The minimum absolute atomic E-state index is 0.0931. The highest BCUT2D eigenvalue weighted by Gasteiger charge is 2.24. The second-order valence-corrected chi connectivity index (χ2v) is 7.61. The lowest BCUT2D eigenvalue weighted by molar-refractivity contribution is -0.129. The molecule has 0 bridgehead atoms. The number of benzene rings is 1.